The number of carbonyl (C=O) groups excluding carboxylic acids is 1. The Morgan fingerprint density at radius 3 is 2.40 bits per heavy atom. The maximum absolute atomic E-state index is 10.8. The maximum Gasteiger partial charge on any atom is 0.218 e. The molecule has 1 heterocycles. The molecule has 1 aromatic carbocycles. The molecular weight excluding hydrogens is 318 g/mol. The van der Waals surface area contributed by atoms with Gasteiger partial charge in [-0.15, -0.1) is 0 Å². The number of amides is 1. The van der Waals surface area contributed by atoms with E-state index in [4.69, 9.17) is 5.73 Å². The van der Waals surface area contributed by atoms with E-state index in [2.05, 4.69) is 56.9 Å². The van der Waals surface area contributed by atoms with Crippen LogP contribution in [-0.4, -0.2) is 48.4 Å². The van der Waals surface area contributed by atoms with E-state index in [1.54, 1.807) is 0 Å². The number of nitrogens with zero attached hydrogens (tertiary/aromatic N) is 2. The molecule has 0 radical (unpaired) electrons. The van der Waals surface area contributed by atoms with Crippen molar-refractivity contribution in [2.75, 3.05) is 32.7 Å². The van der Waals surface area contributed by atoms with Gasteiger partial charge < -0.3 is 10.6 Å². The van der Waals surface area contributed by atoms with Crippen LogP contribution in [0, 0.1) is 0 Å². The molecular formula is C15H22BrN3O. The van der Waals surface area contributed by atoms with Crippen LogP contribution >= 0.6 is 15.9 Å². The van der Waals surface area contributed by atoms with Crippen molar-refractivity contribution >= 4 is 21.8 Å². The van der Waals surface area contributed by atoms with Gasteiger partial charge in [0, 0.05) is 49.7 Å². The molecule has 110 valence electrons. The average molecular weight is 340 g/mol. The largest absolute Gasteiger partial charge is 0.370 e. The number of hydrogen-bond acceptors (Lipinski definition) is 3. The first-order valence-corrected chi connectivity index (χ1v) is 7.86. The summed E-state index contributed by atoms with van der Waals surface area (Å²) < 4.78 is 1.12. The summed E-state index contributed by atoms with van der Waals surface area (Å²) in [6.45, 7) is 7.13. The molecule has 1 fully saturated rings. The second kappa shape index (κ2) is 7.20. The molecule has 1 aliphatic heterocycles. The van der Waals surface area contributed by atoms with Gasteiger partial charge in [-0.05, 0) is 24.6 Å². The lowest BCUT2D eigenvalue weighted by Crippen LogP contribution is -2.47. The van der Waals surface area contributed by atoms with Gasteiger partial charge in [0.05, 0.1) is 0 Å². The number of primary amides is 1. The lowest BCUT2D eigenvalue weighted by molar-refractivity contribution is -0.118. The van der Waals surface area contributed by atoms with Gasteiger partial charge in [0.1, 0.15) is 0 Å². The highest BCUT2D eigenvalue weighted by molar-refractivity contribution is 9.10. The zero-order valence-electron chi connectivity index (χ0n) is 11.9. The predicted octanol–water partition coefficient (Wildman–Crippen LogP) is 2.00. The number of rotatable bonds is 5. The minimum Gasteiger partial charge on any atom is -0.370 e. The van der Waals surface area contributed by atoms with E-state index in [1.807, 2.05) is 0 Å². The first-order valence-electron chi connectivity index (χ1n) is 7.06. The minimum atomic E-state index is -0.212. The average Bonchev–Trinajstić information content (AvgIpc) is 2.46. The second-order valence-electron chi connectivity index (χ2n) is 5.32. The van der Waals surface area contributed by atoms with E-state index in [9.17, 15) is 4.79 Å². The second-order valence-corrected chi connectivity index (χ2v) is 6.24. The summed E-state index contributed by atoms with van der Waals surface area (Å²) >= 11 is 3.47. The number of nitrogens with two attached hydrogens (primary N) is 1. The molecule has 1 amide bonds. The summed E-state index contributed by atoms with van der Waals surface area (Å²) in [7, 11) is 0. The molecule has 4 nitrogen and oxygen atoms in total. The van der Waals surface area contributed by atoms with Gasteiger partial charge >= 0.3 is 0 Å². The Morgan fingerprint density at radius 2 is 1.85 bits per heavy atom. The monoisotopic (exact) mass is 339 g/mol. The third-order valence-corrected chi connectivity index (χ3v) is 4.51. The fourth-order valence-electron chi connectivity index (χ4n) is 2.59. The van der Waals surface area contributed by atoms with Crippen LogP contribution in [0.2, 0.25) is 0 Å². The molecule has 20 heavy (non-hydrogen) atoms. The van der Waals surface area contributed by atoms with Crippen LogP contribution in [0.3, 0.4) is 0 Å². The SMILES string of the molecule is CC(c1ccc(Br)cc1)N1CCN(CCC(N)=O)CC1. The predicted molar refractivity (Wildman–Crippen MR) is 84.4 cm³/mol. The number of hydrogen-bond donors (Lipinski definition) is 1. The molecule has 0 aliphatic carbocycles. The van der Waals surface area contributed by atoms with Gasteiger partial charge in [-0.25, -0.2) is 0 Å². The quantitative estimate of drug-likeness (QED) is 0.892. The highest BCUT2D eigenvalue weighted by atomic mass is 79.9. The highest BCUT2D eigenvalue weighted by Gasteiger charge is 2.21. The first kappa shape index (κ1) is 15.5. The molecule has 0 spiro atoms. The minimum absolute atomic E-state index is 0.212. The standard InChI is InChI=1S/C15H22BrN3O/c1-12(13-2-4-14(16)5-3-13)19-10-8-18(9-11-19)7-6-15(17)20/h2-5,12H,6-11H2,1H3,(H2,17,20). The molecule has 1 atom stereocenters. The maximum atomic E-state index is 10.8. The van der Waals surface area contributed by atoms with Crippen molar-refractivity contribution in [2.45, 2.75) is 19.4 Å². The molecule has 1 unspecified atom stereocenters. The van der Waals surface area contributed by atoms with Crippen LogP contribution in [0.5, 0.6) is 0 Å². The number of piperazine rings is 1. The van der Waals surface area contributed by atoms with Gasteiger partial charge in [-0.1, -0.05) is 28.1 Å². The van der Waals surface area contributed by atoms with Crippen molar-refractivity contribution < 1.29 is 4.79 Å². The summed E-state index contributed by atoms with van der Waals surface area (Å²) in [6.07, 6.45) is 0.461. The fourth-order valence-corrected chi connectivity index (χ4v) is 2.86. The van der Waals surface area contributed by atoms with Gasteiger partial charge in [-0.3, -0.25) is 9.69 Å². The summed E-state index contributed by atoms with van der Waals surface area (Å²) in [4.78, 5) is 15.6. The molecule has 0 saturated carbocycles. The zero-order chi connectivity index (χ0) is 14.5. The van der Waals surface area contributed by atoms with Crippen molar-refractivity contribution in [3.63, 3.8) is 0 Å². The van der Waals surface area contributed by atoms with Gasteiger partial charge in [0.15, 0.2) is 0 Å². The van der Waals surface area contributed by atoms with Gasteiger partial charge in [0.2, 0.25) is 5.91 Å². The van der Waals surface area contributed by atoms with Crippen molar-refractivity contribution in [1.82, 2.24) is 9.80 Å². The van der Waals surface area contributed by atoms with Gasteiger partial charge in [-0.2, -0.15) is 0 Å². The highest BCUT2D eigenvalue weighted by Crippen LogP contribution is 2.23. The lowest BCUT2D eigenvalue weighted by atomic mass is 10.1. The molecule has 5 heteroatoms. The van der Waals surface area contributed by atoms with E-state index in [1.165, 1.54) is 5.56 Å². The fraction of sp³-hybridized carbons (Fsp3) is 0.533. The Kier molecular flexibility index (Phi) is 5.57. The first-order chi connectivity index (χ1) is 9.56. The third-order valence-electron chi connectivity index (χ3n) is 3.98. The van der Waals surface area contributed by atoms with E-state index in [-0.39, 0.29) is 5.91 Å². The van der Waals surface area contributed by atoms with Crippen LogP contribution < -0.4 is 5.73 Å². The zero-order valence-corrected chi connectivity index (χ0v) is 13.5. The molecule has 0 aromatic heterocycles. The van der Waals surface area contributed by atoms with Gasteiger partial charge in [0.25, 0.3) is 0 Å². The van der Waals surface area contributed by atoms with Crippen molar-refractivity contribution in [2.24, 2.45) is 5.73 Å². The van der Waals surface area contributed by atoms with Crippen LogP contribution in [0.4, 0.5) is 0 Å². The van der Waals surface area contributed by atoms with Crippen LogP contribution in [-0.2, 0) is 4.79 Å². The summed E-state index contributed by atoms with van der Waals surface area (Å²) in [5.41, 5.74) is 6.54. The van der Waals surface area contributed by atoms with E-state index >= 15 is 0 Å². The van der Waals surface area contributed by atoms with E-state index in [0.717, 1.165) is 37.2 Å². The van der Waals surface area contributed by atoms with Crippen molar-refractivity contribution in [3.05, 3.63) is 34.3 Å². The van der Waals surface area contributed by atoms with Crippen molar-refractivity contribution in [1.29, 1.82) is 0 Å². The van der Waals surface area contributed by atoms with Crippen LogP contribution in [0.15, 0.2) is 28.7 Å². The molecule has 1 aromatic rings. The molecule has 0 bridgehead atoms. The Morgan fingerprint density at radius 1 is 1.25 bits per heavy atom. The van der Waals surface area contributed by atoms with Crippen LogP contribution in [0.1, 0.15) is 24.9 Å². The van der Waals surface area contributed by atoms with E-state index < -0.39 is 0 Å². The topological polar surface area (TPSA) is 49.6 Å². The number of carbonyl (C=O) groups is 1. The Bertz CT molecular complexity index is 441. The third kappa shape index (κ3) is 4.30. The Labute approximate surface area is 129 Å². The molecule has 1 saturated heterocycles. The van der Waals surface area contributed by atoms with Crippen LogP contribution in [0.25, 0.3) is 0 Å². The molecule has 2 rings (SSSR count). The summed E-state index contributed by atoms with van der Waals surface area (Å²) in [5.74, 6) is -0.212. The van der Waals surface area contributed by atoms with E-state index in [0.29, 0.717) is 12.5 Å². The molecule has 1 aliphatic rings. The lowest BCUT2D eigenvalue weighted by Gasteiger charge is -2.38. The smallest absolute Gasteiger partial charge is 0.218 e. The Balaban J connectivity index is 1.83. The Hall–Kier alpha value is -0.910. The number of benzene rings is 1. The number of halogens is 1. The summed E-state index contributed by atoms with van der Waals surface area (Å²) in [6, 6.07) is 8.97. The van der Waals surface area contributed by atoms with Crippen molar-refractivity contribution in [3.8, 4) is 0 Å². The molecule has 2 N–H and O–H groups in total. The normalized spacial score (nSPS) is 18.9. The summed E-state index contributed by atoms with van der Waals surface area (Å²) in [5, 5.41) is 0.